The first-order valence-corrected chi connectivity index (χ1v) is 10.6. The van der Waals surface area contributed by atoms with Gasteiger partial charge in [0.05, 0.1) is 5.56 Å². The van der Waals surface area contributed by atoms with Gasteiger partial charge in [0, 0.05) is 23.6 Å². The van der Waals surface area contributed by atoms with Gasteiger partial charge in [-0.1, -0.05) is 45.0 Å². The molecule has 1 fully saturated rings. The van der Waals surface area contributed by atoms with E-state index in [0.717, 1.165) is 11.8 Å². The van der Waals surface area contributed by atoms with Gasteiger partial charge in [-0.3, -0.25) is 0 Å². The van der Waals surface area contributed by atoms with E-state index in [9.17, 15) is 0 Å². The molecule has 154 valence electrons. The van der Waals surface area contributed by atoms with Crippen molar-refractivity contribution in [2.24, 2.45) is 11.8 Å². The van der Waals surface area contributed by atoms with Crippen LogP contribution < -0.4 is 10.6 Å². The smallest absolute Gasteiger partial charge is 0.123 e. The zero-order valence-electron chi connectivity index (χ0n) is 18.4. The van der Waals surface area contributed by atoms with Gasteiger partial charge in [-0.15, -0.1) is 0 Å². The summed E-state index contributed by atoms with van der Waals surface area (Å²) in [5.41, 5.74) is 11.3. The predicted molar refractivity (Wildman–Crippen MR) is 123 cm³/mol. The Morgan fingerprint density at radius 2 is 1.93 bits per heavy atom. The Balaban J connectivity index is 0.000000231. The Bertz CT molecular complexity index is 859. The first-order chi connectivity index (χ1) is 13.9. The molecule has 2 aromatic rings. The SMILES string of the molecule is C=C(C)N1c2ccc(C)cc2CC(C)[C@@H]1C1CC1.CC.N#Cc1ccc(N)nc1. The van der Waals surface area contributed by atoms with E-state index in [1.54, 1.807) is 12.1 Å². The summed E-state index contributed by atoms with van der Waals surface area (Å²) in [5, 5.41) is 8.30. The largest absolute Gasteiger partial charge is 0.384 e. The second kappa shape index (κ2) is 10.1. The highest BCUT2D eigenvalue weighted by molar-refractivity contribution is 5.62. The summed E-state index contributed by atoms with van der Waals surface area (Å²) >= 11 is 0. The van der Waals surface area contributed by atoms with Crippen molar-refractivity contribution < 1.29 is 0 Å². The Hall–Kier alpha value is -2.80. The number of allylic oxidation sites excluding steroid dienone is 1. The molecule has 1 aromatic carbocycles. The van der Waals surface area contributed by atoms with E-state index in [0.29, 0.717) is 17.4 Å². The van der Waals surface area contributed by atoms with Gasteiger partial charge >= 0.3 is 0 Å². The molecule has 2 heterocycles. The van der Waals surface area contributed by atoms with E-state index in [2.05, 4.69) is 55.4 Å². The first-order valence-electron chi connectivity index (χ1n) is 10.6. The summed E-state index contributed by atoms with van der Waals surface area (Å²) in [5.74, 6) is 2.07. The van der Waals surface area contributed by atoms with Crippen molar-refractivity contribution in [2.45, 2.75) is 59.9 Å². The maximum Gasteiger partial charge on any atom is 0.123 e. The third-order valence-corrected chi connectivity index (χ3v) is 5.35. The fraction of sp³-hybridized carbons (Fsp3) is 0.440. The number of nitriles is 1. The predicted octanol–water partition coefficient (Wildman–Crippen LogP) is 5.87. The van der Waals surface area contributed by atoms with Crippen molar-refractivity contribution in [1.82, 2.24) is 4.98 Å². The van der Waals surface area contributed by atoms with Crippen molar-refractivity contribution in [1.29, 1.82) is 5.26 Å². The van der Waals surface area contributed by atoms with Crippen molar-refractivity contribution in [3.63, 3.8) is 0 Å². The number of aromatic nitrogens is 1. The molecule has 2 N–H and O–H groups in total. The van der Waals surface area contributed by atoms with Crippen LogP contribution in [0.3, 0.4) is 0 Å². The van der Waals surface area contributed by atoms with Crippen LogP contribution in [0.1, 0.15) is 57.2 Å². The highest BCUT2D eigenvalue weighted by Gasteiger charge is 2.42. The highest BCUT2D eigenvalue weighted by Crippen LogP contribution is 2.46. The lowest BCUT2D eigenvalue weighted by Gasteiger charge is -2.43. The zero-order valence-corrected chi connectivity index (χ0v) is 18.4. The van der Waals surface area contributed by atoms with Crippen LogP contribution in [0.15, 0.2) is 48.8 Å². The number of hydrogen-bond acceptors (Lipinski definition) is 4. The number of aryl methyl sites for hydroxylation is 1. The molecule has 29 heavy (non-hydrogen) atoms. The summed E-state index contributed by atoms with van der Waals surface area (Å²) in [6.07, 6.45) is 5.47. The van der Waals surface area contributed by atoms with Gasteiger partial charge in [-0.05, 0) is 68.7 Å². The van der Waals surface area contributed by atoms with Gasteiger partial charge in [0.15, 0.2) is 0 Å². The molecule has 2 atom stereocenters. The summed E-state index contributed by atoms with van der Waals surface area (Å²) < 4.78 is 0. The monoisotopic (exact) mass is 390 g/mol. The van der Waals surface area contributed by atoms with Gasteiger partial charge in [-0.25, -0.2) is 4.98 Å². The van der Waals surface area contributed by atoms with E-state index in [4.69, 9.17) is 11.0 Å². The van der Waals surface area contributed by atoms with Crippen molar-refractivity contribution >= 4 is 11.5 Å². The standard InChI is InChI=1S/C17H23N.C6H5N3.C2H6/c1-11(2)18-16-8-5-12(3)9-15(16)10-13(4)17(18)14-6-7-14;7-3-5-1-2-6(8)9-4-5;1-2/h5,8-9,13-14,17H,1,6-7,10H2,2-4H3;1-2,4H,(H2,8,9);1-2H3/t13?,17-;;/m1../s1. The Kier molecular flexibility index (Phi) is 7.84. The Morgan fingerprint density at radius 1 is 1.24 bits per heavy atom. The zero-order chi connectivity index (χ0) is 21.6. The molecule has 0 saturated heterocycles. The minimum atomic E-state index is 0.439. The molecule has 4 nitrogen and oxygen atoms in total. The van der Waals surface area contributed by atoms with Crippen LogP contribution in [-0.4, -0.2) is 11.0 Å². The third-order valence-electron chi connectivity index (χ3n) is 5.35. The van der Waals surface area contributed by atoms with E-state index >= 15 is 0 Å². The number of nitrogens with two attached hydrogens (primary N) is 1. The molecule has 4 rings (SSSR count). The van der Waals surface area contributed by atoms with Crippen LogP contribution in [0.2, 0.25) is 0 Å². The molecular weight excluding hydrogens is 356 g/mol. The molecule has 1 saturated carbocycles. The van der Waals surface area contributed by atoms with Crippen LogP contribution in [0.25, 0.3) is 0 Å². The molecular formula is C25H34N4. The molecule has 0 amide bonds. The van der Waals surface area contributed by atoms with Gasteiger partial charge in [0.1, 0.15) is 11.9 Å². The average molecular weight is 391 g/mol. The van der Waals surface area contributed by atoms with E-state index in [1.807, 2.05) is 19.9 Å². The van der Waals surface area contributed by atoms with Gasteiger partial charge in [-0.2, -0.15) is 5.26 Å². The summed E-state index contributed by atoms with van der Waals surface area (Å²) in [4.78, 5) is 6.22. The number of benzene rings is 1. The lowest BCUT2D eigenvalue weighted by atomic mass is 9.83. The number of rotatable bonds is 2. The lowest BCUT2D eigenvalue weighted by molar-refractivity contribution is 0.383. The molecule has 0 bridgehead atoms. The quantitative estimate of drug-likeness (QED) is 0.696. The average Bonchev–Trinajstić information content (AvgIpc) is 3.54. The molecule has 0 spiro atoms. The lowest BCUT2D eigenvalue weighted by Crippen LogP contribution is -2.44. The summed E-state index contributed by atoms with van der Waals surface area (Å²) in [6, 6.07) is 12.7. The molecule has 1 aliphatic heterocycles. The second-order valence-electron chi connectivity index (χ2n) is 7.83. The Labute approximate surface area is 176 Å². The number of nitrogen functional groups attached to an aromatic ring is 1. The van der Waals surface area contributed by atoms with Crippen LogP contribution in [-0.2, 0) is 6.42 Å². The van der Waals surface area contributed by atoms with Crippen LogP contribution in [0.4, 0.5) is 11.5 Å². The number of hydrogen-bond donors (Lipinski definition) is 1. The van der Waals surface area contributed by atoms with Crippen molar-refractivity contribution in [3.8, 4) is 6.07 Å². The van der Waals surface area contributed by atoms with E-state index in [1.165, 1.54) is 48.0 Å². The molecule has 1 aliphatic carbocycles. The number of pyridine rings is 1. The summed E-state index contributed by atoms with van der Waals surface area (Å²) in [7, 11) is 0. The highest BCUT2D eigenvalue weighted by atomic mass is 15.2. The number of nitrogens with zero attached hydrogens (tertiary/aromatic N) is 3. The van der Waals surface area contributed by atoms with Gasteiger partial charge in [0.2, 0.25) is 0 Å². The third kappa shape index (κ3) is 5.60. The second-order valence-corrected chi connectivity index (χ2v) is 7.83. The fourth-order valence-corrected chi connectivity index (χ4v) is 4.04. The van der Waals surface area contributed by atoms with Crippen molar-refractivity contribution in [3.05, 3.63) is 65.5 Å². The van der Waals surface area contributed by atoms with Crippen LogP contribution in [0, 0.1) is 30.1 Å². The van der Waals surface area contributed by atoms with Gasteiger partial charge < -0.3 is 10.6 Å². The molecule has 1 aromatic heterocycles. The fourth-order valence-electron chi connectivity index (χ4n) is 4.04. The topological polar surface area (TPSA) is 65.9 Å². The Morgan fingerprint density at radius 3 is 2.45 bits per heavy atom. The molecule has 2 aliphatic rings. The van der Waals surface area contributed by atoms with Crippen molar-refractivity contribution in [2.75, 3.05) is 10.6 Å². The summed E-state index contributed by atoms with van der Waals surface area (Å²) in [6.45, 7) is 15.0. The maximum atomic E-state index is 8.30. The normalized spacial score (nSPS) is 19.5. The van der Waals surface area contributed by atoms with Crippen LogP contribution in [0.5, 0.6) is 0 Å². The van der Waals surface area contributed by atoms with E-state index < -0.39 is 0 Å². The minimum absolute atomic E-state index is 0.439. The maximum absolute atomic E-state index is 8.30. The molecule has 4 heteroatoms. The molecule has 1 unspecified atom stereocenters. The number of fused-ring (bicyclic) bond motifs is 1. The first kappa shape index (κ1) is 22.5. The van der Waals surface area contributed by atoms with Crippen LogP contribution >= 0.6 is 0 Å². The molecule has 0 radical (unpaired) electrons. The van der Waals surface area contributed by atoms with Gasteiger partial charge in [0.25, 0.3) is 0 Å². The van der Waals surface area contributed by atoms with E-state index in [-0.39, 0.29) is 0 Å². The minimum Gasteiger partial charge on any atom is -0.384 e. The number of anilines is 2.